The third-order valence-electron chi connectivity index (χ3n) is 6.52. The molecule has 0 amide bonds. The van der Waals surface area contributed by atoms with Gasteiger partial charge in [0, 0.05) is 18.6 Å². The molecule has 0 radical (unpaired) electrons. The van der Waals surface area contributed by atoms with Gasteiger partial charge < -0.3 is 5.11 Å². The van der Waals surface area contributed by atoms with Crippen molar-refractivity contribution < 1.29 is 14.5 Å². The Hall–Kier alpha value is -1.38. The summed E-state index contributed by atoms with van der Waals surface area (Å²) in [5.41, 5.74) is 2.56. The number of pyridine rings is 1. The highest BCUT2D eigenvalue weighted by atomic mass is 16.4. The molecule has 3 heteroatoms. The molecule has 0 aliphatic rings. The number of hydrogen-bond donors (Lipinski definition) is 1. The number of hydrogen-bond acceptors (Lipinski definition) is 1. The molecule has 1 aromatic rings. The van der Waals surface area contributed by atoms with Gasteiger partial charge in [-0.05, 0) is 12.8 Å². The van der Waals surface area contributed by atoms with E-state index in [1.807, 2.05) is 24.7 Å². The number of carboxylic acid groups (broad SMARTS) is 1. The maximum Gasteiger partial charge on any atom is 0.336 e. The van der Waals surface area contributed by atoms with Crippen molar-refractivity contribution in [2.45, 2.75) is 129 Å². The first-order valence-corrected chi connectivity index (χ1v) is 12.8. The lowest BCUT2D eigenvalue weighted by molar-refractivity contribution is -0.678. The molecule has 0 spiro atoms. The number of unbranched alkanes of at least 4 members (excludes halogenated alkanes) is 16. The largest absolute Gasteiger partial charge is 0.478 e. The summed E-state index contributed by atoms with van der Waals surface area (Å²) in [4.78, 5) is 11.5. The van der Waals surface area contributed by atoms with E-state index in [0.29, 0.717) is 5.56 Å². The Morgan fingerprint density at radius 1 is 0.767 bits per heavy atom. The second-order valence-corrected chi connectivity index (χ2v) is 9.12. The minimum absolute atomic E-state index is 0.474. The predicted octanol–water partition coefficient (Wildman–Crippen LogP) is 7.71. The fourth-order valence-corrected chi connectivity index (χ4v) is 4.35. The highest BCUT2D eigenvalue weighted by molar-refractivity contribution is 5.89. The average Bonchev–Trinajstić information content (AvgIpc) is 2.73. The summed E-state index contributed by atoms with van der Waals surface area (Å²) < 4.78 is 2.02. The monoisotopic (exact) mass is 418 g/mol. The van der Waals surface area contributed by atoms with Crippen LogP contribution in [0.4, 0.5) is 0 Å². The van der Waals surface area contributed by atoms with Crippen LogP contribution in [-0.4, -0.2) is 11.1 Å². The zero-order valence-corrected chi connectivity index (χ0v) is 20.2. The number of aromatic nitrogens is 1. The van der Waals surface area contributed by atoms with Crippen molar-refractivity contribution in [3.8, 4) is 0 Å². The molecule has 0 aromatic carbocycles. The molecule has 1 rings (SSSR count). The van der Waals surface area contributed by atoms with E-state index in [1.165, 1.54) is 103 Å². The van der Waals surface area contributed by atoms with Crippen LogP contribution in [0.25, 0.3) is 0 Å². The van der Waals surface area contributed by atoms with E-state index in [0.717, 1.165) is 24.1 Å². The molecule has 0 bridgehead atoms. The van der Waals surface area contributed by atoms with Gasteiger partial charge in [-0.3, -0.25) is 0 Å². The van der Waals surface area contributed by atoms with Gasteiger partial charge >= 0.3 is 5.97 Å². The third kappa shape index (κ3) is 11.7. The molecule has 0 saturated heterocycles. The predicted molar refractivity (Wildman–Crippen MR) is 127 cm³/mol. The first-order valence-electron chi connectivity index (χ1n) is 12.8. The molecule has 1 aromatic heterocycles. The lowest BCUT2D eigenvalue weighted by atomic mass is 9.99. The van der Waals surface area contributed by atoms with E-state index in [4.69, 9.17) is 0 Å². The highest BCUT2D eigenvalue weighted by Crippen LogP contribution is 2.17. The van der Waals surface area contributed by atoms with Gasteiger partial charge in [-0.15, -0.1) is 0 Å². The van der Waals surface area contributed by atoms with Gasteiger partial charge in [0.15, 0.2) is 11.9 Å². The Morgan fingerprint density at radius 3 is 1.57 bits per heavy atom. The molecular weight excluding hydrogens is 370 g/mol. The van der Waals surface area contributed by atoms with Gasteiger partial charge in [0.25, 0.3) is 0 Å². The fourth-order valence-electron chi connectivity index (χ4n) is 4.35. The molecule has 0 aliphatic carbocycles. The topological polar surface area (TPSA) is 41.2 Å². The van der Waals surface area contributed by atoms with E-state index in [9.17, 15) is 9.90 Å². The normalized spacial score (nSPS) is 11.2. The molecule has 172 valence electrons. The Bertz CT molecular complexity index is 582. The molecule has 0 atom stereocenters. The van der Waals surface area contributed by atoms with E-state index in [1.54, 1.807) is 6.07 Å². The van der Waals surface area contributed by atoms with Crippen LogP contribution >= 0.6 is 0 Å². The summed E-state index contributed by atoms with van der Waals surface area (Å²) in [5, 5.41) is 9.42. The fraction of sp³-hybridized carbons (Fsp3) is 0.778. The highest BCUT2D eigenvalue weighted by Gasteiger charge is 2.18. The SMILES string of the molecule is CCCCCCCCCCCCCCCCCCCc1c(C(=O)O)cc[n+](C)c1C. The minimum Gasteiger partial charge on any atom is -0.478 e. The first kappa shape index (κ1) is 26.7. The van der Waals surface area contributed by atoms with E-state index < -0.39 is 5.97 Å². The molecule has 0 unspecified atom stereocenters. The maximum atomic E-state index is 11.5. The van der Waals surface area contributed by atoms with E-state index in [-0.39, 0.29) is 0 Å². The van der Waals surface area contributed by atoms with Crippen LogP contribution in [0.15, 0.2) is 12.3 Å². The lowest BCUT2D eigenvalue weighted by Crippen LogP contribution is -2.33. The average molecular weight is 419 g/mol. The van der Waals surface area contributed by atoms with Gasteiger partial charge in [0.2, 0.25) is 0 Å². The Balaban J connectivity index is 1.95. The van der Waals surface area contributed by atoms with Crippen LogP contribution in [0.2, 0.25) is 0 Å². The first-order chi connectivity index (χ1) is 14.6. The zero-order chi connectivity index (χ0) is 22.0. The maximum absolute atomic E-state index is 11.5. The molecule has 30 heavy (non-hydrogen) atoms. The third-order valence-corrected chi connectivity index (χ3v) is 6.52. The van der Waals surface area contributed by atoms with Crippen LogP contribution < -0.4 is 4.57 Å². The van der Waals surface area contributed by atoms with Crippen molar-refractivity contribution in [3.05, 3.63) is 29.1 Å². The lowest BCUT2D eigenvalue weighted by Gasteiger charge is -2.08. The van der Waals surface area contributed by atoms with Crippen LogP contribution in [-0.2, 0) is 13.5 Å². The Morgan fingerprint density at radius 2 is 1.17 bits per heavy atom. The Labute approximate surface area is 186 Å². The number of aromatic carboxylic acids is 1. The van der Waals surface area contributed by atoms with Crippen molar-refractivity contribution in [2.24, 2.45) is 7.05 Å². The van der Waals surface area contributed by atoms with E-state index in [2.05, 4.69) is 6.92 Å². The number of rotatable bonds is 19. The summed E-state index contributed by atoms with van der Waals surface area (Å²) in [6.07, 6.45) is 26.0. The van der Waals surface area contributed by atoms with E-state index >= 15 is 0 Å². The summed E-state index contributed by atoms with van der Waals surface area (Å²) in [6.45, 7) is 4.31. The molecule has 0 saturated carbocycles. The summed E-state index contributed by atoms with van der Waals surface area (Å²) in [6, 6.07) is 1.73. The van der Waals surface area contributed by atoms with Gasteiger partial charge in [-0.1, -0.05) is 110 Å². The second kappa shape index (κ2) is 17.3. The summed E-state index contributed by atoms with van der Waals surface area (Å²) in [7, 11) is 1.99. The number of carbonyl (C=O) groups is 1. The van der Waals surface area contributed by atoms with Gasteiger partial charge in [0.05, 0.1) is 5.56 Å². The molecular formula is C27H48NO2+. The minimum atomic E-state index is -0.805. The molecule has 0 aliphatic heterocycles. The quantitative estimate of drug-likeness (QED) is 0.185. The van der Waals surface area contributed by atoms with Gasteiger partial charge in [-0.2, -0.15) is 0 Å². The van der Waals surface area contributed by atoms with Crippen molar-refractivity contribution in [1.29, 1.82) is 0 Å². The molecule has 3 nitrogen and oxygen atoms in total. The van der Waals surface area contributed by atoms with Gasteiger partial charge in [0.1, 0.15) is 7.05 Å². The standard InChI is InChI=1S/C27H47NO2/c1-4-5-6-7-8-9-10-11-12-13-14-15-16-17-18-19-20-21-25-24(2)28(3)23-22-26(25)27(29)30/h22-23H,4-21H2,1-3H3/p+1. The number of aryl methyl sites for hydroxylation is 1. The van der Waals surface area contributed by atoms with Crippen molar-refractivity contribution in [1.82, 2.24) is 0 Å². The summed E-state index contributed by atoms with van der Waals surface area (Å²) >= 11 is 0. The number of nitrogens with zero attached hydrogens (tertiary/aromatic N) is 1. The van der Waals surface area contributed by atoms with Crippen LogP contribution in [0.1, 0.15) is 138 Å². The molecule has 1 N–H and O–H groups in total. The van der Waals surface area contributed by atoms with Gasteiger partial charge in [-0.25, -0.2) is 9.36 Å². The van der Waals surface area contributed by atoms with Crippen molar-refractivity contribution >= 4 is 5.97 Å². The smallest absolute Gasteiger partial charge is 0.336 e. The van der Waals surface area contributed by atoms with Crippen LogP contribution in [0.3, 0.4) is 0 Å². The number of carboxylic acids is 1. The molecule has 0 fully saturated rings. The Kier molecular flexibility index (Phi) is 15.4. The second-order valence-electron chi connectivity index (χ2n) is 9.12. The van der Waals surface area contributed by atoms with Crippen molar-refractivity contribution in [3.63, 3.8) is 0 Å². The van der Waals surface area contributed by atoms with Crippen molar-refractivity contribution in [2.75, 3.05) is 0 Å². The zero-order valence-electron chi connectivity index (χ0n) is 20.2. The van der Waals surface area contributed by atoms with Crippen LogP contribution in [0, 0.1) is 6.92 Å². The molecule has 1 heterocycles. The van der Waals surface area contributed by atoms with Crippen LogP contribution in [0.5, 0.6) is 0 Å². The summed E-state index contributed by atoms with van der Waals surface area (Å²) in [5.74, 6) is -0.805.